The molecule has 0 aromatic heterocycles. The van der Waals surface area contributed by atoms with Crippen molar-refractivity contribution >= 4 is 22.4 Å². The molecule has 1 unspecified atom stereocenters. The summed E-state index contributed by atoms with van der Waals surface area (Å²) in [6, 6.07) is 8.64. The van der Waals surface area contributed by atoms with Gasteiger partial charge < -0.3 is 10.2 Å². The highest BCUT2D eigenvalue weighted by Gasteiger charge is 2.05. The molecule has 0 amide bonds. The van der Waals surface area contributed by atoms with E-state index in [1.165, 1.54) is 6.07 Å². The quantitative estimate of drug-likeness (QED) is 0.778. The Balaban J connectivity index is 2.71. The van der Waals surface area contributed by atoms with Crippen LogP contribution in [-0.2, 0) is 0 Å². The lowest BCUT2D eigenvalue weighted by Crippen LogP contribution is -1.90. The highest BCUT2D eigenvalue weighted by molar-refractivity contribution is 6.35. The summed E-state index contributed by atoms with van der Waals surface area (Å²) in [5.41, 5.74) is 0.815. The molecule has 2 aromatic carbocycles. The second-order valence-corrected chi connectivity index (χ2v) is 3.99. The van der Waals surface area contributed by atoms with E-state index in [0.29, 0.717) is 5.02 Å². The molecule has 2 rings (SSSR count). The van der Waals surface area contributed by atoms with Gasteiger partial charge in [0.05, 0.1) is 11.1 Å². The first-order valence-corrected chi connectivity index (χ1v) is 5.06. The minimum Gasteiger partial charge on any atom is -0.508 e. The molecule has 2 N–H and O–H groups in total. The zero-order valence-electron chi connectivity index (χ0n) is 8.24. The zero-order valence-corrected chi connectivity index (χ0v) is 8.99. The van der Waals surface area contributed by atoms with E-state index in [1.54, 1.807) is 13.0 Å². The Kier molecular flexibility index (Phi) is 2.55. The van der Waals surface area contributed by atoms with E-state index in [-0.39, 0.29) is 5.75 Å². The van der Waals surface area contributed by atoms with Crippen molar-refractivity contribution in [1.82, 2.24) is 0 Å². The second kappa shape index (κ2) is 3.72. The van der Waals surface area contributed by atoms with E-state index in [9.17, 15) is 10.2 Å². The lowest BCUT2D eigenvalue weighted by molar-refractivity contribution is 0.199. The van der Waals surface area contributed by atoms with Crippen LogP contribution in [0.5, 0.6) is 5.75 Å². The summed E-state index contributed by atoms with van der Waals surface area (Å²) in [5, 5.41) is 21.0. The number of aromatic hydroxyl groups is 1. The Labute approximate surface area is 92.7 Å². The molecular weight excluding hydrogens is 212 g/mol. The van der Waals surface area contributed by atoms with E-state index >= 15 is 0 Å². The summed E-state index contributed by atoms with van der Waals surface area (Å²) >= 11 is 6.00. The zero-order chi connectivity index (χ0) is 11.0. The maximum Gasteiger partial charge on any atom is 0.117 e. The molecular formula is C12H11ClO2. The number of aliphatic hydroxyl groups excluding tert-OH is 1. The van der Waals surface area contributed by atoms with Crippen LogP contribution in [0.3, 0.4) is 0 Å². The van der Waals surface area contributed by atoms with E-state index in [2.05, 4.69) is 0 Å². The summed E-state index contributed by atoms with van der Waals surface area (Å²) in [5.74, 6) is 0.150. The van der Waals surface area contributed by atoms with Crippen molar-refractivity contribution in [2.24, 2.45) is 0 Å². The lowest BCUT2D eigenvalue weighted by Gasteiger charge is -2.07. The van der Waals surface area contributed by atoms with Gasteiger partial charge in [0.15, 0.2) is 0 Å². The third kappa shape index (κ3) is 1.91. The summed E-state index contributed by atoms with van der Waals surface area (Å²) in [7, 11) is 0. The van der Waals surface area contributed by atoms with Crippen molar-refractivity contribution in [2.75, 3.05) is 0 Å². The normalized spacial score (nSPS) is 13.0. The average molecular weight is 223 g/mol. The minimum atomic E-state index is -0.515. The van der Waals surface area contributed by atoms with Crippen LogP contribution >= 0.6 is 11.6 Å². The maximum atomic E-state index is 9.44. The Bertz CT molecular complexity index is 506. The van der Waals surface area contributed by atoms with Crippen LogP contribution in [0.2, 0.25) is 5.02 Å². The van der Waals surface area contributed by atoms with Gasteiger partial charge >= 0.3 is 0 Å². The molecule has 0 saturated heterocycles. The fraction of sp³-hybridized carbons (Fsp3) is 0.167. The predicted molar refractivity (Wildman–Crippen MR) is 61.3 cm³/mol. The average Bonchev–Trinajstić information content (AvgIpc) is 2.16. The second-order valence-electron chi connectivity index (χ2n) is 3.58. The molecule has 0 aliphatic rings. The Morgan fingerprint density at radius 2 is 1.93 bits per heavy atom. The molecule has 0 aliphatic carbocycles. The molecule has 3 heteroatoms. The van der Waals surface area contributed by atoms with E-state index in [4.69, 9.17) is 11.6 Å². The first-order chi connectivity index (χ1) is 7.08. The van der Waals surface area contributed by atoms with Crippen molar-refractivity contribution < 1.29 is 10.2 Å². The van der Waals surface area contributed by atoms with Gasteiger partial charge in [0, 0.05) is 5.39 Å². The topological polar surface area (TPSA) is 40.5 Å². The molecule has 0 aliphatic heterocycles. The molecule has 2 aromatic rings. The van der Waals surface area contributed by atoms with Crippen LogP contribution < -0.4 is 0 Å². The summed E-state index contributed by atoms with van der Waals surface area (Å²) in [6.07, 6.45) is -0.515. The number of fused-ring (bicyclic) bond motifs is 1. The van der Waals surface area contributed by atoms with Crippen LogP contribution in [-0.4, -0.2) is 10.2 Å². The Hall–Kier alpha value is -1.25. The fourth-order valence-corrected chi connectivity index (χ4v) is 1.85. The van der Waals surface area contributed by atoms with E-state index < -0.39 is 6.10 Å². The van der Waals surface area contributed by atoms with Gasteiger partial charge in [-0.25, -0.2) is 0 Å². The van der Waals surface area contributed by atoms with Gasteiger partial charge in [0.25, 0.3) is 0 Å². The number of rotatable bonds is 1. The predicted octanol–water partition coefficient (Wildman–Crippen LogP) is 3.25. The van der Waals surface area contributed by atoms with Crippen LogP contribution in [0.1, 0.15) is 18.6 Å². The number of phenols is 1. The molecule has 0 radical (unpaired) electrons. The van der Waals surface area contributed by atoms with E-state index in [1.807, 2.05) is 18.2 Å². The number of halogens is 1. The Morgan fingerprint density at radius 3 is 2.60 bits per heavy atom. The third-order valence-corrected chi connectivity index (χ3v) is 2.71. The molecule has 0 heterocycles. The molecule has 1 atom stereocenters. The summed E-state index contributed by atoms with van der Waals surface area (Å²) in [4.78, 5) is 0. The minimum absolute atomic E-state index is 0.150. The van der Waals surface area contributed by atoms with Crippen LogP contribution in [0.15, 0.2) is 30.3 Å². The molecule has 0 saturated carbocycles. The largest absolute Gasteiger partial charge is 0.508 e. The number of hydrogen-bond acceptors (Lipinski definition) is 2. The molecule has 0 fully saturated rings. The fourth-order valence-electron chi connectivity index (χ4n) is 1.58. The lowest BCUT2D eigenvalue weighted by atomic mass is 10.0. The van der Waals surface area contributed by atoms with Crippen molar-refractivity contribution in [3.8, 4) is 5.75 Å². The molecule has 0 bridgehead atoms. The van der Waals surface area contributed by atoms with Crippen LogP contribution in [0.25, 0.3) is 10.8 Å². The van der Waals surface area contributed by atoms with Gasteiger partial charge in [0.1, 0.15) is 5.75 Å². The monoisotopic (exact) mass is 222 g/mol. The number of hydrogen-bond donors (Lipinski definition) is 2. The molecule has 2 nitrogen and oxygen atoms in total. The van der Waals surface area contributed by atoms with Gasteiger partial charge in [-0.3, -0.25) is 0 Å². The van der Waals surface area contributed by atoms with Crippen LogP contribution in [0.4, 0.5) is 0 Å². The number of phenolic OH excluding ortho intramolecular Hbond substituents is 1. The highest BCUT2D eigenvalue weighted by Crippen LogP contribution is 2.30. The van der Waals surface area contributed by atoms with Gasteiger partial charge in [0.2, 0.25) is 0 Å². The van der Waals surface area contributed by atoms with Gasteiger partial charge in [-0.2, -0.15) is 0 Å². The van der Waals surface area contributed by atoms with Crippen molar-refractivity contribution in [1.29, 1.82) is 0 Å². The SMILES string of the molecule is CC(O)c1ccc2cc(O)cc(Cl)c2c1. The first kappa shape index (κ1) is 10.3. The van der Waals surface area contributed by atoms with Gasteiger partial charge in [-0.05, 0) is 36.1 Å². The van der Waals surface area contributed by atoms with Crippen molar-refractivity contribution in [2.45, 2.75) is 13.0 Å². The first-order valence-electron chi connectivity index (χ1n) is 4.68. The number of benzene rings is 2. The molecule has 15 heavy (non-hydrogen) atoms. The van der Waals surface area contributed by atoms with Gasteiger partial charge in [-0.15, -0.1) is 0 Å². The van der Waals surface area contributed by atoms with Crippen molar-refractivity contribution in [3.63, 3.8) is 0 Å². The molecule has 0 spiro atoms. The maximum absolute atomic E-state index is 9.44. The number of aliphatic hydroxyl groups is 1. The standard InChI is InChI=1S/C12H11ClO2/c1-7(14)8-2-3-9-4-10(15)6-12(13)11(9)5-8/h2-7,14-15H,1H3. The molecule has 78 valence electrons. The Morgan fingerprint density at radius 1 is 1.20 bits per heavy atom. The summed E-state index contributed by atoms with van der Waals surface area (Å²) in [6.45, 7) is 1.70. The van der Waals surface area contributed by atoms with Crippen LogP contribution in [0, 0.1) is 0 Å². The van der Waals surface area contributed by atoms with Gasteiger partial charge in [-0.1, -0.05) is 23.7 Å². The van der Waals surface area contributed by atoms with E-state index in [0.717, 1.165) is 16.3 Å². The smallest absolute Gasteiger partial charge is 0.117 e. The summed E-state index contributed by atoms with van der Waals surface area (Å²) < 4.78 is 0. The third-order valence-electron chi connectivity index (χ3n) is 2.40. The highest BCUT2D eigenvalue weighted by atomic mass is 35.5. The van der Waals surface area contributed by atoms with Crippen molar-refractivity contribution in [3.05, 3.63) is 40.9 Å².